The van der Waals surface area contributed by atoms with Crippen molar-refractivity contribution in [3.8, 4) is 0 Å². The van der Waals surface area contributed by atoms with Crippen LogP contribution in [-0.2, 0) is 4.79 Å². The van der Waals surface area contributed by atoms with E-state index in [1.54, 1.807) is 6.08 Å². The van der Waals surface area contributed by atoms with Crippen molar-refractivity contribution in [2.24, 2.45) is 0 Å². The summed E-state index contributed by atoms with van der Waals surface area (Å²) in [7, 11) is 0. The van der Waals surface area contributed by atoms with Gasteiger partial charge < -0.3 is 15.1 Å². The first-order chi connectivity index (χ1) is 12.1. The third-order valence-corrected chi connectivity index (χ3v) is 4.60. The summed E-state index contributed by atoms with van der Waals surface area (Å²) in [6, 6.07) is 17.4. The summed E-state index contributed by atoms with van der Waals surface area (Å²) >= 11 is 5.95. The number of halogens is 1. The third-order valence-electron chi connectivity index (χ3n) is 4.35. The van der Waals surface area contributed by atoms with Gasteiger partial charge in [0.25, 0.3) is 0 Å². The average molecular weight is 356 g/mol. The quantitative estimate of drug-likeness (QED) is 0.842. The predicted molar refractivity (Wildman–Crippen MR) is 104 cm³/mol. The number of amides is 1. The molecule has 130 valence electrons. The van der Waals surface area contributed by atoms with Crippen molar-refractivity contribution < 1.29 is 4.79 Å². The molecule has 4 nitrogen and oxygen atoms in total. The number of para-hydroxylation sites is 1. The van der Waals surface area contributed by atoms with Crippen molar-refractivity contribution >= 4 is 28.9 Å². The average Bonchev–Trinajstić information content (AvgIpc) is 2.63. The Morgan fingerprint density at radius 2 is 1.64 bits per heavy atom. The Kier molecular flexibility index (Phi) is 5.61. The number of carbonyl (C=O) groups excluding carboxylic acids is 1. The highest BCUT2D eigenvalue weighted by Gasteiger charge is 2.17. The summed E-state index contributed by atoms with van der Waals surface area (Å²) in [6.45, 7) is 5.62. The van der Waals surface area contributed by atoms with E-state index in [4.69, 9.17) is 11.6 Å². The van der Waals surface area contributed by atoms with Crippen LogP contribution in [0.15, 0.2) is 66.4 Å². The van der Waals surface area contributed by atoms with E-state index >= 15 is 0 Å². The van der Waals surface area contributed by atoms with Crippen molar-refractivity contribution in [1.29, 1.82) is 0 Å². The first kappa shape index (κ1) is 17.4. The maximum atomic E-state index is 12.1. The Labute approximate surface area is 153 Å². The molecule has 2 aromatic rings. The minimum Gasteiger partial charge on any atom is -0.371 e. The summed E-state index contributed by atoms with van der Waals surface area (Å²) in [5, 5.41) is 3.64. The Morgan fingerprint density at radius 3 is 2.28 bits per heavy atom. The number of piperazine rings is 1. The van der Waals surface area contributed by atoms with E-state index in [9.17, 15) is 4.79 Å². The molecule has 0 spiro atoms. The fraction of sp³-hybridized carbons (Fsp3) is 0.250. The van der Waals surface area contributed by atoms with Crippen LogP contribution in [0.1, 0.15) is 6.92 Å². The van der Waals surface area contributed by atoms with E-state index in [1.807, 2.05) is 61.5 Å². The highest BCUT2D eigenvalue weighted by molar-refractivity contribution is 6.30. The lowest BCUT2D eigenvalue weighted by molar-refractivity contribution is -0.112. The zero-order valence-corrected chi connectivity index (χ0v) is 15.0. The maximum Gasteiger partial charge on any atom is 0.250 e. The zero-order valence-electron chi connectivity index (χ0n) is 14.3. The van der Waals surface area contributed by atoms with Gasteiger partial charge in [-0.1, -0.05) is 29.8 Å². The number of hydrogen-bond acceptors (Lipinski definition) is 3. The van der Waals surface area contributed by atoms with E-state index in [1.165, 1.54) is 5.69 Å². The van der Waals surface area contributed by atoms with E-state index in [0.29, 0.717) is 0 Å². The number of nitrogens with zero attached hydrogens (tertiary/aromatic N) is 2. The van der Waals surface area contributed by atoms with Gasteiger partial charge in [0.15, 0.2) is 0 Å². The van der Waals surface area contributed by atoms with Gasteiger partial charge in [-0.15, -0.1) is 0 Å². The fourth-order valence-corrected chi connectivity index (χ4v) is 3.08. The molecule has 1 N–H and O–H groups in total. The summed E-state index contributed by atoms with van der Waals surface area (Å²) in [6.07, 6.45) is 1.67. The molecule has 2 aromatic carbocycles. The molecule has 3 rings (SSSR count). The number of carbonyl (C=O) groups is 1. The number of anilines is 2. The predicted octanol–water partition coefficient (Wildman–Crippen LogP) is 4.00. The van der Waals surface area contributed by atoms with Gasteiger partial charge in [0.05, 0.1) is 0 Å². The number of hydrogen-bond donors (Lipinski definition) is 1. The van der Waals surface area contributed by atoms with E-state index in [-0.39, 0.29) is 5.91 Å². The van der Waals surface area contributed by atoms with Crippen molar-refractivity contribution in [3.63, 3.8) is 0 Å². The van der Waals surface area contributed by atoms with Gasteiger partial charge in [-0.2, -0.15) is 0 Å². The number of allylic oxidation sites excluding steroid dienone is 1. The molecule has 0 aromatic heterocycles. The van der Waals surface area contributed by atoms with E-state index in [0.717, 1.165) is 42.6 Å². The molecule has 1 amide bonds. The van der Waals surface area contributed by atoms with Crippen LogP contribution >= 0.6 is 11.6 Å². The van der Waals surface area contributed by atoms with Gasteiger partial charge in [-0.05, 0) is 43.3 Å². The van der Waals surface area contributed by atoms with Crippen LogP contribution in [0.3, 0.4) is 0 Å². The second-order valence-electron chi connectivity index (χ2n) is 6.09. The fourth-order valence-electron chi connectivity index (χ4n) is 2.95. The van der Waals surface area contributed by atoms with Crippen molar-refractivity contribution in [1.82, 2.24) is 4.90 Å². The number of nitrogens with one attached hydrogen (secondary N) is 1. The second kappa shape index (κ2) is 8.08. The van der Waals surface area contributed by atoms with Crippen molar-refractivity contribution in [3.05, 3.63) is 71.4 Å². The lowest BCUT2D eigenvalue weighted by Gasteiger charge is -2.37. The lowest BCUT2D eigenvalue weighted by atomic mass is 10.2. The number of rotatable bonds is 4. The largest absolute Gasteiger partial charge is 0.371 e. The molecule has 1 saturated heterocycles. The summed E-state index contributed by atoms with van der Waals surface area (Å²) in [5.41, 5.74) is 2.99. The monoisotopic (exact) mass is 355 g/mol. The van der Waals surface area contributed by atoms with Crippen LogP contribution in [0.2, 0.25) is 5.02 Å². The molecule has 0 atom stereocenters. The van der Waals surface area contributed by atoms with Crippen LogP contribution in [0.4, 0.5) is 11.4 Å². The normalized spacial score (nSPS) is 15.2. The van der Waals surface area contributed by atoms with Crippen LogP contribution in [0.25, 0.3) is 0 Å². The molecule has 0 aliphatic carbocycles. The Morgan fingerprint density at radius 1 is 1.00 bits per heavy atom. The molecule has 25 heavy (non-hydrogen) atoms. The van der Waals surface area contributed by atoms with Crippen LogP contribution in [0.5, 0.6) is 0 Å². The summed E-state index contributed by atoms with van der Waals surface area (Å²) in [5.74, 6) is -0.0937. The van der Waals surface area contributed by atoms with Gasteiger partial charge in [-0.25, -0.2) is 0 Å². The van der Waals surface area contributed by atoms with Gasteiger partial charge in [0.2, 0.25) is 5.91 Å². The highest BCUT2D eigenvalue weighted by atomic mass is 35.5. The first-order valence-corrected chi connectivity index (χ1v) is 8.79. The van der Waals surface area contributed by atoms with E-state index in [2.05, 4.69) is 15.1 Å². The Bertz CT molecular complexity index is 735. The maximum absolute atomic E-state index is 12.1. The molecule has 0 radical (unpaired) electrons. The van der Waals surface area contributed by atoms with Crippen molar-refractivity contribution in [2.75, 3.05) is 36.4 Å². The van der Waals surface area contributed by atoms with Crippen molar-refractivity contribution in [2.45, 2.75) is 6.92 Å². The van der Waals surface area contributed by atoms with Crippen LogP contribution < -0.4 is 10.2 Å². The van der Waals surface area contributed by atoms with Gasteiger partial charge in [0.1, 0.15) is 0 Å². The lowest BCUT2D eigenvalue weighted by Crippen LogP contribution is -2.45. The minimum absolute atomic E-state index is 0.0937. The van der Waals surface area contributed by atoms with Gasteiger partial charge in [0, 0.05) is 54.3 Å². The van der Waals surface area contributed by atoms with Gasteiger partial charge >= 0.3 is 0 Å². The molecular formula is C20H22ClN3O. The molecule has 1 aliphatic rings. The summed E-state index contributed by atoms with van der Waals surface area (Å²) in [4.78, 5) is 16.7. The topological polar surface area (TPSA) is 35.6 Å². The van der Waals surface area contributed by atoms with Crippen LogP contribution in [-0.4, -0.2) is 37.0 Å². The molecule has 0 unspecified atom stereocenters. The highest BCUT2D eigenvalue weighted by Crippen LogP contribution is 2.20. The van der Waals surface area contributed by atoms with Gasteiger partial charge in [-0.3, -0.25) is 4.79 Å². The molecule has 1 heterocycles. The minimum atomic E-state index is -0.0937. The first-order valence-electron chi connectivity index (χ1n) is 8.41. The SMILES string of the molecule is C/C(=C\C(=O)Nc1ccccc1)N1CCN(c2ccc(Cl)cc2)CC1. The third kappa shape index (κ3) is 4.77. The molecule has 1 fully saturated rings. The van der Waals surface area contributed by atoms with Crippen LogP contribution in [0, 0.1) is 0 Å². The molecule has 1 aliphatic heterocycles. The van der Waals surface area contributed by atoms with E-state index < -0.39 is 0 Å². The Balaban J connectivity index is 1.54. The molecule has 5 heteroatoms. The number of benzene rings is 2. The smallest absolute Gasteiger partial charge is 0.250 e. The standard InChI is InChI=1S/C20H22ClN3O/c1-16(15-20(25)22-18-5-3-2-4-6-18)23-11-13-24(14-12-23)19-9-7-17(21)8-10-19/h2-10,15H,11-14H2,1H3,(H,22,25)/b16-15+. The second-order valence-corrected chi connectivity index (χ2v) is 6.53. The summed E-state index contributed by atoms with van der Waals surface area (Å²) < 4.78 is 0. The molecule has 0 bridgehead atoms. The zero-order chi connectivity index (χ0) is 17.6. The molecular weight excluding hydrogens is 334 g/mol. The Hall–Kier alpha value is -2.46. The molecule has 0 saturated carbocycles.